The maximum atomic E-state index is 13.1. The van der Waals surface area contributed by atoms with E-state index in [0.717, 1.165) is 22.5 Å². The average Bonchev–Trinajstić information content (AvgIpc) is 3.22. The first-order valence-corrected chi connectivity index (χ1v) is 11.3. The minimum atomic E-state index is -0.0737. The molecule has 0 aliphatic heterocycles. The number of thioether (sulfide) groups is 1. The smallest absolute Gasteiger partial charge is 0.257 e. The van der Waals surface area contributed by atoms with Gasteiger partial charge in [-0.25, -0.2) is 4.98 Å². The van der Waals surface area contributed by atoms with Crippen LogP contribution in [0.2, 0.25) is 0 Å². The molecule has 4 aromatic rings. The van der Waals surface area contributed by atoms with Gasteiger partial charge < -0.3 is 14.0 Å². The molecular weight excluding hydrogens is 406 g/mol. The van der Waals surface area contributed by atoms with Gasteiger partial charge in [-0.1, -0.05) is 30.3 Å². The van der Waals surface area contributed by atoms with Gasteiger partial charge in [0.15, 0.2) is 0 Å². The van der Waals surface area contributed by atoms with E-state index in [1.165, 1.54) is 4.90 Å². The van der Waals surface area contributed by atoms with Crippen molar-refractivity contribution in [3.05, 3.63) is 95.4 Å². The van der Waals surface area contributed by atoms with E-state index >= 15 is 0 Å². The first kappa shape index (κ1) is 21.0. The van der Waals surface area contributed by atoms with Crippen LogP contribution in [0.3, 0.4) is 0 Å². The van der Waals surface area contributed by atoms with Gasteiger partial charge in [-0.2, -0.15) is 0 Å². The van der Waals surface area contributed by atoms with Crippen LogP contribution in [0.1, 0.15) is 27.2 Å². The van der Waals surface area contributed by atoms with Crippen LogP contribution < -0.4 is 4.74 Å². The van der Waals surface area contributed by atoms with Crippen molar-refractivity contribution in [2.24, 2.45) is 0 Å². The minimum absolute atomic E-state index is 0.0737. The number of aryl methyl sites for hydroxylation is 1. The van der Waals surface area contributed by atoms with Crippen LogP contribution in [0.4, 0.5) is 0 Å². The largest absolute Gasteiger partial charge is 0.486 e. The molecule has 31 heavy (non-hydrogen) atoms. The number of hydrogen-bond donors (Lipinski definition) is 0. The van der Waals surface area contributed by atoms with Crippen LogP contribution in [-0.4, -0.2) is 33.5 Å². The van der Waals surface area contributed by atoms with Gasteiger partial charge in [0.2, 0.25) is 0 Å². The number of amides is 1. The number of fused-ring (bicyclic) bond motifs is 1. The molecule has 2 aromatic carbocycles. The molecule has 0 aliphatic rings. The van der Waals surface area contributed by atoms with Crippen LogP contribution in [0.15, 0.2) is 78.0 Å². The third kappa shape index (κ3) is 4.75. The third-order valence-corrected chi connectivity index (χ3v) is 5.89. The van der Waals surface area contributed by atoms with Crippen molar-refractivity contribution in [1.82, 2.24) is 14.3 Å². The van der Waals surface area contributed by atoms with E-state index in [1.807, 2.05) is 61.1 Å². The van der Waals surface area contributed by atoms with Crippen molar-refractivity contribution in [3.8, 4) is 5.75 Å². The van der Waals surface area contributed by atoms with E-state index in [1.54, 1.807) is 22.7 Å². The van der Waals surface area contributed by atoms with E-state index in [-0.39, 0.29) is 5.91 Å². The Kier molecular flexibility index (Phi) is 6.28. The summed E-state index contributed by atoms with van der Waals surface area (Å²) in [6.45, 7) is 2.87. The lowest BCUT2D eigenvalue weighted by molar-refractivity contribution is 0.0780. The number of pyridine rings is 1. The van der Waals surface area contributed by atoms with Crippen molar-refractivity contribution < 1.29 is 9.53 Å². The summed E-state index contributed by atoms with van der Waals surface area (Å²) < 4.78 is 8.01. The van der Waals surface area contributed by atoms with Crippen molar-refractivity contribution in [1.29, 1.82) is 0 Å². The summed E-state index contributed by atoms with van der Waals surface area (Å²) in [7, 11) is 1.81. The summed E-state index contributed by atoms with van der Waals surface area (Å²) in [6, 6.07) is 19.7. The molecule has 4 rings (SSSR count). The molecule has 158 valence electrons. The molecule has 0 aliphatic carbocycles. The summed E-state index contributed by atoms with van der Waals surface area (Å²) in [5, 5.41) is 0. The van der Waals surface area contributed by atoms with Gasteiger partial charge in [0.1, 0.15) is 18.0 Å². The zero-order valence-electron chi connectivity index (χ0n) is 17.9. The molecule has 2 heterocycles. The van der Waals surface area contributed by atoms with Crippen molar-refractivity contribution >= 4 is 23.3 Å². The monoisotopic (exact) mass is 431 g/mol. The maximum Gasteiger partial charge on any atom is 0.257 e. The third-order valence-electron chi connectivity index (χ3n) is 5.15. The lowest BCUT2D eigenvalue weighted by Gasteiger charge is -2.19. The molecule has 6 heteroatoms. The van der Waals surface area contributed by atoms with Crippen molar-refractivity contribution in [3.63, 3.8) is 0 Å². The van der Waals surface area contributed by atoms with E-state index < -0.39 is 0 Å². The highest BCUT2D eigenvalue weighted by Gasteiger charge is 2.17. The molecule has 0 fully saturated rings. The Morgan fingerprint density at radius 2 is 1.87 bits per heavy atom. The number of carbonyl (C=O) groups excluding carboxylic acids is 1. The van der Waals surface area contributed by atoms with E-state index in [4.69, 9.17) is 4.74 Å². The van der Waals surface area contributed by atoms with E-state index in [9.17, 15) is 4.79 Å². The lowest BCUT2D eigenvalue weighted by atomic mass is 10.1. The van der Waals surface area contributed by atoms with Gasteiger partial charge in [-0.15, -0.1) is 11.8 Å². The molecule has 0 N–H and O–H groups in total. The van der Waals surface area contributed by atoms with Crippen LogP contribution in [0.5, 0.6) is 5.75 Å². The van der Waals surface area contributed by atoms with Gasteiger partial charge in [0.25, 0.3) is 5.91 Å². The van der Waals surface area contributed by atoms with Gasteiger partial charge >= 0.3 is 0 Å². The number of benzene rings is 2. The van der Waals surface area contributed by atoms with Gasteiger partial charge in [0.05, 0.1) is 11.3 Å². The molecule has 0 saturated carbocycles. The van der Waals surface area contributed by atoms with Crippen molar-refractivity contribution in [2.45, 2.75) is 25.0 Å². The first-order valence-electron chi connectivity index (χ1n) is 10.1. The Balaban J connectivity index is 1.47. The number of aromatic nitrogens is 2. The minimum Gasteiger partial charge on any atom is -0.486 e. The molecule has 1 amide bonds. The molecule has 0 bridgehead atoms. The van der Waals surface area contributed by atoms with E-state index in [0.29, 0.717) is 24.5 Å². The number of nitrogens with zero attached hydrogens (tertiary/aromatic N) is 3. The first-order chi connectivity index (χ1) is 15.0. The Morgan fingerprint density at radius 3 is 2.61 bits per heavy atom. The van der Waals surface area contributed by atoms with Crippen LogP contribution >= 0.6 is 11.8 Å². The quantitative estimate of drug-likeness (QED) is 0.377. The number of imidazole rings is 1. The fourth-order valence-electron chi connectivity index (χ4n) is 3.48. The van der Waals surface area contributed by atoms with Crippen molar-refractivity contribution in [2.75, 3.05) is 13.3 Å². The summed E-state index contributed by atoms with van der Waals surface area (Å²) in [5.74, 6) is 0.487. The maximum absolute atomic E-state index is 13.1. The Hall–Kier alpha value is -3.25. The molecule has 0 spiro atoms. The molecule has 0 saturated heterocycles. The number of hydrogen-bond acceptors (Lipinski definition) is 4. The van der Waals surface area contributed by atoms with Crippen LogP contribution in [-0.2, 0) is 13.2 Å². The average molecular weight is 432 g/mol. The molecule has 5 nitrogen and oxygen atoms in total. The second kappa shape index (κ2) is 9.27. The molecule has 2 aromatic heterocycles. The zero-order valence-corrected chi connectivity index (χ0v) is 18.7. The highest BCUT2D eigenvalue weighted by atomic mass is 32.2. The Bertz CT molecular complexity index is 1200. The number of ether oxygens (including phenoxy) is 1. The fraction of sp³-hybridized carbons (Fsp3) is 0.200. The second-order valence-electron chi connectivity index (χ2n) is 7.45. The zero-order chi connectivity index (χ0) is 21.8. The van der Waals surface area contributed by atoms with Gasteiger partial charge in [-0.3, -0.25) is 4.79 Å². The highest BCUT2D eigenvalue weighted by molar-refractivity contribution is 7.98. The standard InChI is InChI=1S/C25H25N3O2S/c1-18-7-6-14-28-16-20(26-24(18)28)17-30-23-9-5-4-8-22(23)25(29)27(2)15-19-10-12-21(31-3)13-11-19/h4-14,16H,15,17H2,1-3H3. The fourth-order valence-corrected chi connectivity index (χ4v) is 3.89. The molecule has 0 atom stereocenters. The second-order valence-corrected chi connectivity index (χ2v) is 8.33. The predicted octanol–water partition coefficient (Wildman–Crippen LogP) is 5.22. The number of para-hydroxylation sites is 1. The Morgan fingerprint density at radius 1 is 1.10 bits per heavy atom. The van der Waals surface area contributed by atoms with Crippen LogP contribution in [0, 0.1) is 6.92 Å². The molecule has 0 unspecified atom stereocenters. The summed E-state index contributed by atoms with van der Waals surface area (Å²) >= 11 is 1.70. The summed E-state index contributed by atoms with van der Waals surface area (Å²) in [4.78, 5) is 20.7. The topological polar surface area (TPSA) is 46.8 Å². The SMILES string of the molecule is CSc1ccc(CN(C)C(=O)c2ccccc2OCc2cn3cccc(C)c3n2)cc1. The highest BCUT2D eigenvalue weighted by Crippen LogP contribution is 2.22. The molecular formula is C25H25N3O2S. The lowest BCUT2D eigenvalue weighted by Crippen LogP contribution is -2.26. The Labute approximate surface area is 186 Å². The predicted molar refractivity (Wildman–Crippen MR) is 125 cm³/mol. The summed E-state index contributed by atoms with van der Waals surface area (Å²) in [5.41, 5.74) is 4.48. The van der Waals surface area contributed by atoms with Crippen LogP contribution in [0.25, 0.3) is 5.65 Å². The van der Waals surface area contributed by atoms with E-state index in [2.05, 4.69) is 35.5 Å². The molecule has 0 radical (unpaired) electrons. The normalized spacial score (nSPS) is 10.9. The number of rotatable bonds is 7. The van der Waals surface area contributed by atoms with Gasteiger partial charge in [-0.05, 0) is 54.6 Å². The van der Waals surface area contributed by atoms with Gasteiger partial charge in [0, 0.05) is 30.9 Å². The number of carbonyl (C=O) groups is 1. The summed E-state index contributed by atoms with van der Waals surface area (Å²) in [6.07, 6.45) is 5.98.